The maximum Gasteiger partial charge on any atom is 0.227 e. The van der Waals surface area contributed by atoms with Gasteiger partial charge in [0.2, 0.25) is 17.6 Å². The molecule has 146 valence electrons. The number of carbonyl (C=O) groups excluding carboxylic acids is 1. The van der Waals surface area contributed by atoms with Crippen LogP contribution in [0.25, 0.3) is 11.4 Å². The van der Waals surface area contributed by atoms with Gasteiger partial charge in [-0.2, -0.15) is 4.98 Å². The second-order valence-corrected chi connectivity index (χ2v) is 7.35. The Morgan fingerprint density at radius 2 is 2.07 bits per heavy atom. The van der Waals surface area contributed by atoms with Crippen molar-refractivity contribution in [2.75, 3.05) is 0 Å². The average Bonchev–Trinajstić information content (AvgIpc) is 3.22. The van der Waals surface area contributed by atoms with Crippen LogP contribution in [-0.4, -0.2) is 34.2 Å². The molecular weight excluding hydrogens is 371 g/mol. The molecule has 2 aliphatic heterocycles. The maximum absolute atomic E-state index is 13.4. The Bertz CT molecular complexity index is 801. The van der Waals surface area contributed by atoms with Crippen LogP contribution in [0.15, 0.2) is 22.7 Å². The number of hydrogen-bond donors (Lipinski definition) is 2. The van der Waals surface area contributed by atoms with Crippen LogP contribution in [0, 0.1) is 12.7 Å². The Morgan fingerprint density at radius 1 is 1.33 bits per heavy atom. The van der Waals surface area contributed by atoms with E-state index in [2.05, 4.69) is 20.8 Å². The second-order valence-electron chi connectivity index (χ2n) is 7.35. The molecule has 27 heavy (non-hydrogen) atoms. The molecule has 0 radical (unpaired) electrons. The SMILES string of the molecule is Cc1cc(-c2noc(CCC(=O)NC3CC4CCC(C3)N4)n2)ccc1F.Cl. The monoisotopic (exact) mass is 394 g/mol. The van der Waals surface area contributed by atoms with E-state index < -0.39 is 0 Å². The highest BCUT2D eigenvalue weighted by atomic mass is 35.5. The standard InChI is InChI=1S/C19H23FN4O2.ClH/c1-11-8-12(2-5-16(11)20)19-23-18(26-24-19)7-6-17(25)22-15-9-13-3-4-14(10-15)21-13;/h2,5,8,13-15,21H,3-4,6-7,9-10H2,1H3,(H,22,25);1H. The fraction of sp³-hybridized carbons (Fsp3) is 0.526. The largest absolute Gasteiger partial charge is 0.353 e. The van der Waals surface area contributed by atoms with Crippen molar-refractivity contribution >= 4 is 18.3 Å². The number of fused-ring (bicyclic) bond motifs is 2. The van der Waals surface area contributed by atoms with E-state index in [1.54, 1.807) is 19.1 Å². The van der Waals surface area contributed by atoms with Crippen molar-refractivity contribution in [2.45, 2.75) is 63.6 Å². The Morgan fingerprint density at radius 3 is 2.78 bits per heavy atom. The van der Waals surface area contributed by atoms with Gasteiger partial charge in [-0.05, 0) is 56.4 Å². The Labute approximate surface area is 163 Å². The van der Waals surface area contributed by atoms with Crippen molar-refractivity contribution in [1.29, 1.82) is 0 Å². The minimum atomic E-state index is -0.263. The van der Waals surface area contributed by atoms with Crippen LogP contribution < -0.4 is 10.6 Å². The van der Waals surface area contributed by atoms with Gasteiger partial charge >= 0.3 is 0 Å². The number of aromatic nitrogens is 2. The van der Waals surface area contributed by atoms with E-state index in [0.29, 0.717) is 47.8 Å². The summed E-state index contributed by atoms with van der Waals surface area (Å²) in [6.07, 6.45) is 5.17. The van der Waals surface area contributed by atoms with Crippen molar-refractivity contribution < 1.29 is 13.7 Å². The summed E-state index contributed by atoms with van der Waals surface area (Å²) >= 11 is 0. The number of benzene rings is 1. The van der Waals surface area contributed by atoms with Gasteiger partial charge in [-0.1, -0.05) is 5.16 Å². The first kappa shape index (κ1) is 19.8. The van der Waals surface area contributed by atoms with Gasteiger partial charge in [0.25, 0.3) is 0 Å². The van der Waals surface area contributed by atoms with Crippen molar-refractivity contribution in [3.05, 3.63) is 35.5 Å². The van der Waals surface area contributed by atoms with E-state index in [0.717, 1.165) is 12.8 Å². The lowest BCUT2D eigenvalue weighted by atomic mass is 9.99. The van der Waals surface area contributed by atoms with Gasteiger partial charge in [0.05, 0.1) is 0 Å². The molecule has 1 aromatic carbocycles. The second kappa shape index (κ2) is 8.35. The number of halogens is 2. The van der Waals surface area contributed by atoms with E-state index in [1.165, 1.54) is 18.9 Å². The predicted molar refractivity (Wildman–Crippen MR) is 101 cm³/mol. The molecule has 0 saturated carbocycles. The number of hydrogen-bond acceptors (Lipinski definition) is 5. The highest BCUT2D eigenvalue weighted by Gasteiger charge is 2.33. The number of aryl methyl sites for hydroxylation is 2. The average molecular weight is 395 g/mol. The summed E-state index contributed by atoms with van der Waals surface area (Å²) in [4.78, 5) is 16.5. The summed E-state index contributed by atoms with van der Waals surface area (Å²) < 4.78 is 18.6. The number of amides is 1. The Kier molecular flexibility index (Phi) is 6.11. The zero-order chi connectivity index (χ0) is 18.1. The zero-order valence-corrected chi connectivity index (χ0v) is 16.0. The predicted octanol–water partition coefficient (Wildman–Crippen LogP) is 2.94. The third-order valence-corrected chi connectivity index (χ3v) is 5.29. The van der Waals surface area contributed by atoms with Gasteiger partial charge in [0.1, 0.15) is 5.82 Å². The first-order valence-corrected chi connectivity index (χ1v) is 9.21. The molecule has 1 aromatic heterocycles. The van der Waals surface area contributed by atoms with Gasteiger partial charge in [-0.3, -0.25) is 4.79 Å². The van der Waals surface area contributed by atoms with Crippen LogP contribution in [0.4, 0.5) is 4.39 Å². The van der Waals surface area contributed by atoms with Crippen molar-refractivity contribution in [1.82, 2.24) is 20.8 Å². The fourth-order valence-corrected chi connectivity index (χ4v) is 3.95. The molecular formula is C19H24ClFN4O2. The first-order chi connectivity index (χ1) is 12.6. The van der Waals surface area contributed by atoms with Crippen molar-refractivity contribution in [3.8, 4) is 11.4 Å². The maximum atomic E-state index is 13.4. The van der Waals surface area contributed by atoms with E-state index in [4.69, 9.17) is 4.52 Å². The third kappa shape index (κ3) is 4.65. The molecule has 1 amide bonds. The lowest BCUT2D eigenvalue weighted by Gasteiger charge is -2.29. The van der Waals surface area contributed by atoms with Crippen LogP contribution in [0.3, 0.4) is 0 Å². The minimum absolute atomic E-state index is 0. The molecule has 8 heteroatoms. The highest BCUT2D eigenvalue weighted by molar-refractivity contribution is 5.85. The van der Waals surface area contributed by atoms with Crippen molar-refractivity contribution in [3.63, 3.8) is 0 Å². The first-order valence-electron chi connectivity index (χ1n) is 9.21. The van der Waals surface area contributed by atoms with Crippen LogP contribution in [0.1, 0.15) is 43.6 Å². The van der Waals surface area contributed by atoms with Gasteiger partial charge in [0.15, 0.2) is 0 Å². The summed E-state index contributed by atoms with van der Waals surface area (Å²) in [5.74, 6) is 0.593. The molecule has 0 aliphatic carbocycles. The topological polar surface area (TPSA) is 80.0 Å². The van der Waals surface area contributed by atoms with Crippen molar-refractivity contribution in [2.24, 2.45) is 0 Å². The van der Waals surface area contributed by atoms with E-state index >= 15 is 0 Å². The molecule has 2 unspecified atom stereocenters. The molecule has 2 aromatic rings. The fourth-order valence-electron chi connectivity index (χ4n) is 3.95. The van der Waals surface area contributed by atoms with Gasteiger partial charge in [-0.25, -0.2) is 4.39 Å². The van der Waals surface area contributed by atoms with Gasteiger partial charge in [-0.15, -0.1) is 12.4 Å². The quantitative estimate of drug-likeness (QED) is 0.815. The summed E-state index contributed by atoms with van der Waals surface area (Å²) in [6, 6.07) is 6.06. The molecule has 6 nitrogen and oxygen atoms in total. The highest BCUT2D eigenvalue weighted by Crippen LogP contribution is 2.26. The molecule has 2 atom stereocenters. The molecule has 0 spiro atoms. The molecule has 2 aliphatic rings. The Hall–Kier alpha value is -1.99. The summed E-state index contributed by atoms with van der Waals surface area (Å²) in [6.45, 7) is 1.69. The van der Waals surface area contributed by atoms with Crippen LogP contribution in [0.2, 0.25) is 0 Å². The number of rotatable bonds is 5. The zero-order valence-electron chi connectivity index (χ0n) is 15.2. The van der Waals surface area contributed by atoms with E-state index in [1.807, 2.05) is 0 Å². The number of piperidine rings is 1. The van der Waals surface area contributed by atoms with Crippen LogP contribution in [0.5, 0.6) is 0 Å². The Balaban J connectivity index is 0.00000210. The lowest BCUT2D eigenvalue weighted by Crippen LogP contribution is -2.48. The minimum Gasteiger partial charge on any atom is -0.353 e. The number of nitrogens with one attached hydrogen (secondary N) is 2. The smallest absolute Gasteiger partial charge is 0.227 e. The van der Waals surface area contributed by atoms with Crippen LogP contribution >= 0.6 is 12.4 Å². The molecule has 2 fully saturated rings. The summed E-state index contributed by atoms with van der Waals surface area (Å²) in [5, 5.41) is 10.6. The molecule has 2 N–H and O–H groups in total. The van der Waals surface area contributed by atoms with Crippen LogP contribution in [-0.2, 0) is 11.2 Å². The van der Waals surface area contributed by atoms with Gasteiger partial charge < -0.3 is 15.2 Å². The normalized spacial score (nSPS) is 23.7. The molecule has 4 rings (SSSR count). The summed E-state index contributed by atoms with van der Waals surface area (Å²) in [7, 11) is 0. The number of carbonyl (C=O) groups is 1. The van der Waals surface area contributed by atoms with E-state index in [9.17, 15) is 9.18 Å². The van der Waals surface area contributed by atoms with Gasteiger partial charge in [0, 0.05) is 36.5 Å². The lowest BCUT2D eigenvalue weighted by molar-refractivity contribution is -0.122. The molecule has 2 saturated heterocycles. The third-order valence-electron chi connectivity index (χ3n) is 5.29. The molecule has 2 bridgehead atoms. The molecule has 3 heterocycles. The number of nitrogens with zero attached hydrogens (tertiary/aromatic N) is 2. The summed E-state index contributed by atoms with van der Waals surface area (Å²) in [5.41, 5.74) is 1.23. The van der Waals surface area contributed by atoms with E-state index in [-0.39, 0.29) is 30.2 Å².